The first-order chi connectivity index (χ1) is 16.7. The van der Waals surface area contributed by atoms with Crippen molar-refractivity contribution in [3.63, 3.8) is 0 Å². The molecule has 3 aromatic rings. The first-order valence-corrected chi connectivity index (χ1v) is 12.6. The minimum atomic E-state index is 0. The van der Waals surface area contributed by atoms with E-state index in [4.69, 9.17) is 4.74 Å². The molecule has 0 aromatic carbocycles. The number of ether oxygens (including phenoxy) is 1. The van der Waals surface area contributed by atoms with E-state index in [9.17, 15) is 4.79 Å². The Morgan fingerprint density at radius 2 is 1.92 bits per heavy atom. The first kappa shape index (κ1) is 31.1. The monoisotopic (exact) mass is 587 g/mol. The third-order valence-electron chi connectivity index (χ3n) is 6.12. The van der Waals surface area contributed by atoms with E-state index in [1.165, 1.54) is 11.8 Å². The number of hydrogen-bond acceptors (Lipinski definition) is 9. The second-order valence-corrected chi connectivity index (χ2v) is 9.41. The van der Waals surface area contributed by atoms with Crippen LogP contribution in [0.5, 0.6) is 5.88 Å². The van der Waals surface area contributed by atoms with Crippen LogP contribution in [-0.2, 0) is 11.3 Å². The molecule has 0 saturated carbocycles. The fourth-order valence-corrected chi connectivity index (χ4v) is 5.11. The Morgan fingerprint density at radius 1 is 1.05 bits per heavy atom. The minimum absolute atomic E-state index is 0. The van der Waals surface area contributed by atoms with Crippen LogP contribution < -0.4 is 20.3 Å². The molecule has 5 rings (SSSR count). The number of nitrogens with zero attached hydrogens (tertiary/aromatic N) is 5. The molecule has 9 nitrogen and oxygen atoms in total. The summed E-state index contributed by atoms with van der Waals surface area (Å²) in [6, 6.07) is 9.94. The lowest BCUT2D eigenvalue weighted by Crippen LogP contribution is -2.35. The van der Waals surface area contributed by atoms with Gasteiger partial charge in [-0.15, -0.1) is 49.0 Å². The van der Waals surface area contributed by atoms with Gasteiger partial charge in [-0.1, -0.05) is 0 Å². The van der Waals surface area contributed by atoms with Crippen LogP contribution in [0.4, 0.5) is 11.5 Å². The quantitative estimate of drug-likeness (QED) is 0.401. The average Bonchev–Trinajstić information content (AvgIpc) is 3.11. The smallest absolute Gasteiger partial charge is 0.235 e. The van der Waals surface area contributed by atoms with Crippen LogP contribution in [0.2, 0.25) is 0 Å². The number of carbonyl (C=O) groups is 1. The largest absolute Gasteiger partial charge is 0.481 e. The minimum Gasteiger partial charge on any atom is -0.481 e. The Labute approximate surface area is 239 Å². The Hall–Kier alpha value is -2.08. The molecule has 0 spiro atoms. The Kier molecular flexibility index (Phi) is 12.4. The lowest BCUT2D eigenvalue weighted by molar-refractivity contribution is -0.113. The summed E-state index contributed by atoms with van der Waals surface area (Å²) in [4.78, 5) is 31.3. The van der Waals surface area contributed by atoms with Gasteiger partial charge >= 0.3 is 0 Å². The van der Waals surface area contributed by atoms with E-state index in [0.29, 0.717) is 24.0 Å². The van der Waals surface area contributed by atoms with E-state index in [1.807, 2.05) is 30.5 Å². The zero-order valence-electron chi connectivity index (χ0n) is 20.5. The van der Waals surface area contributed by atoms with Crippen molar-refractivity contribution in [2.75, 3.05) is 62.3 Å². The van der Waals surface area contributed by atoms with Crippen LogP contribution in [0.3, 0.4) is 0 Å². The molecular formula is C24H32Cl3N7O2S. The second-order valence-electron chi connectivity index (χ2n) is 8.40. The van der Waals surface area contributed by atoms with E-state index >= 15 is 0 Å². The van der Waals surface area contributed by atoms with Gasteiger partial charge in [0.1, 0.15) is 11.3 Å². The molecule has 0 atom stereocenters. The number of fused-ring (bicyclic) bond motifs is 2. The van der Waals surface area contributed by atoms with E-state index in [1.54, 1.807) is 7.11 Å². The van der Waals surface area contributed by atoms with Crippen molar-refractivity contribution in [1.82, 2.24) is 25.2 Å². The van der Waals surface area contributed by atoms with Gasteiger partial charge in [0.25, 0.3) is 0 Å². The van der Waals surface area contributed by atoms with Gasteiger partial charge in [-0.2, -0.15) is 0 Å². The van der Waals surface area contributed by atoms with Gasteiger partial charge in [-0.3, -0.25) is 9.78 Å². The van der Waals surface area contributed by atoms with Crippen LogP contribution in [0.1, 0.15) is 12.1 Å². The molecule has 0 bridgehead atoms. The van der Waals surface area contributed by atoms with Gasteiger partial charge in [-0.05, 0) is 37.2 Å². The van der Waals surface area contributed by atoms with Crippen molar-refractivity contribution in [1.29, 1.82) is 0 Å². The molecule has 0 aliphatic carbocycles. The van der Waals surface area contributed by atoms with Crippen LogP contribution >= 0.6 is 49.0 Å². The summed E-state index contributed by atoms with van der Waals surface area (Å²) in [6.45, 7) is 6.55. The van der Waals surface area contributed by atoms with Gasteiger partial charge in [-0.25, -0.2) is 9.97 Å². The number of nitrogens with one attached hydrogen (secondary N) is 2. The highest BCUT2D eigenvalue weighted by Gasteiger charge is 2.19. The number of amides is 1. The van der Waals surface area contributed by atoms with E-state index in [2.05, 4.69) is 41.5 Å². The molecule has 2 aliphatic heterocycles. The zero-order chi connectivity index (χ0) is 23.3. The molecule has 37 heavy (non-hydrogen) atoms. The van der Waals surface area contributed by atoms with Crippen LogP contribution in [0.15, 0.2) is 41.4 Å². The Morgan fingerprint density at radius 3 is 2.76 bits per heavy atom. The fourth-order valence-electron chi connectivity index (χ4n) is 4.35. The van der Waals surface area contributed by atoms with E-state index < -0.39 is 0 Å². The maximum Gasteiger partial charge on any atom is 0.235 e. The number of thioether (sulfide) groups is 1. The SMILES string of the molecule is COc1ccc2nccc(N3CCCN(CCNCc4ccc5c(n4)NC(=O)CS5)CC3)c2n1.Cl.Cl.Cl. The lowest BCUT2D eigenvalue weighted by Gasteiger charge is -2.24. The van der Waals surface area contributed by atoms with E-state index in [0.717, 1.165) is 73.0 Å². The van der Waals surface area contributed by atoms with E-state index in [-0.39, 0.29) is 43.1 Å². The van der Waals surface area contributed by atoms with Crippen molar-refractivity contribution in [2.24, 2.45) is 0 Å². The molecule has 0 radical (unpaired) electrons. The van der Waals surface area contributed by atoms with Gasteiger partial charge in [0.2, 0.25) is 11.8 Å². The summed E-state index contributed by atoms with van der Waals surface area (Å²) in [5.74, 6) is 1.77. The summed E-state index contributed by atoms with van der Waals surface area (Å²) in [5, 5.41) is 6.36. The molecule has 0 unspecified atom stereocenters. The lowest BCUT2D eigenvalue weighted by atomic mass is 10.2. The summed E-state index contributed by atoms with van der Waals surface area (Å²) >= 11 is 1.54. The Bertz CT molecular complexity index is 1190. The summed E-state index contributed by atoms with van der Waals surface area (Å²) in [5.41, 5.74) is 3.84. The fraction of sp³-hybridized carbons (Fsp3) is 0.417. The zero-order valence-corrected chi connectivity index (χ0v) is 23.8. The van der Waals surface area contributed by atoms with Gasteiger partial charge < -0.3 is 25.2 Å². The van der Waals surface area contributed by atoms with Crippen molar-refractivity contribution in [3.05, 3.63) is 42.2 Å². The number of methoxy groups -OCH3 is 1. The van der Waals surface area contributed by atoms with Crippen LogP contribution in [0.25, 0.3) is 11.0 Å². The van der Waals surface area contributed by atoms with Crippen LogP contribution in [0, 0.1) is 0 Å². The summed E-state index contributed by atoms with van der Waals surface area (Å²) in [7, 11) is 1.64. The van der Waals surface area contributed by atoms with Gasteiger partial charge in [0, 0.05) is 51.5 Å². The molecule has 2 aliphatic rings. The molecular weight excluding hydrogens is 557 g/mol. The molecule has 2 N–H and O–H groups in total. The van der Waals surface area contributed by atoms with Crippen molar-refractivity contribution in [3.8, 4) is 5.88 Å². The average molecular weight is 589 g/mol. The predicted octanol–water partition coefficient (Wildman–Crippen LogP) is 3.64. The topological polar surface area (TPSA) is 95.5 Å². The molecule has 1 amide bonds. The normalized spacial score (nSPS) is 15.4. The predicted molar refractivity (Wildman–Crippen MR) is 156 cm³/mol. The van der Waals surface area contributed by atoms with Crippen molar-refractivity contribution >= 4 is 77.4 Å². The van der Waals surface area contributed by atoms with Crippen LogP contribution in [-0.4, -0.2) is 77.9 Å². The van der Waals surface area contributed by atoms with Gasteiger partial charge in [0.15, 0.2) is 0 Å². The molecule has 5 heterocycles. The highest BCUT2D eigenvalue weighted by molar-refractivity contribution is 8.00. The first-order valence-electron chi connectivity index (χ1n) is 11.6. The molecule has 202 valence electrons. The van der Waals surface area contributed by atoms with Crippen molar-refractivity contribution in [2.45, 2.75) is 17.9 Å². The second kappa shape index (κ2) is 14.8. The van der Waals surface area contributed by atoms with Gasteiger partial charge in [0.05, 0.1) is 34.7 Å². The number of rotatable bonds is 7. The highest BCUT2D eigenvalue weighted by atomic mass is 35.5. The number of hydrogen-bond donors (Lipinski definition) is 2. The molecule has 1 fully saturated rings. The summed E-state index contributed by atoms with van der Waals surface area (Å²) in [6.07, 6.45) is 2.95. The maximum absolute atomic E-state index is 11.6. The number of halogens is 3. The Balaban J connectivity index is 0.00000160. The summed E-state index contributed by atoms with van der Waals surface area (Å²) < 4.78 is 5.33. The number of carbonyl (C=O) groups excluding carboxylic acids is 1. The maximum atomic E-state index is 11.6. The molecule has 13 heteroatoms. The van der Waals surface area contributed by atoms with Crippen molar-refractivity contribution < 1.29 is 9.53 Å². The molecule has 1 saturated heterocycles. The highest BCUT2D eigenvalue weighted by Crippen LogP contribution is 2.29. The number of anilines is 2. The number of pyridine rings is 3. The third-order valence-corrected chi connectivity index (χ3v) is 7.17. The third kappa shape index (κ3) is 7.72. The standard InChI is InChI=1S/C24H29N7O2S.3ClH/c1-33-22-6-4-18-23(29-22)19(7-8-26-18)31-11-2-10-30(13-14-31)12-9-25-15-17-3-5-20-24(27-17)28-21(32)16-34-20;;;/h3-8,25H,2,9-16H2,1H3,(H,27,28,32);3*1H. The number of aromatic nitrogens is 3. The molecule has 3 aromatic heterocycles.